The number of fused-ring (bicyclic) bond motifs is 1. The van der Waals surface area contributed by atoms with Crippen LogP contribution in [-0.2, 0) is 11.3 Å². The van der Waals surface area contributed by atoms with E-state index in [0.717, 1.165) is 11.6 Å². The summed E-state index contributed by atoms with van der Waals surface area (Å²) in [7, 11) is 0. The first-order chi connectivity index (χ1) is 10.7. The molecular weight excluding hydrogens is 283 g/mol. The maximum atomic E-state index is 13.8. The summed E-state index contributed by atoms with van der Waals surface area (Å²) < 4.78 is 19.2. The summed E-state index contributed by atoms with van der Waals surface area (Å²) >= 11 is 0. The van der Waals surface area contributed by atoms with Gasteiger partial charge in [0.2, 0.25) is 5.91 Å². The van der Waals surface area contributed by atoms with Crippen molar-refractivity contribution in [2.75, 3.05) is 6.61 Å². The van der Waals surface area contributed by atoms with Crippen LogP contribution in [0.1, 0.15) is 22.6 Å². The van der Waals surface area contributed by atoms with Gasteiger partial charge < -0.3 is 10.1 Å². The second kappa shape index (κ2) is 5.86. The Balaban J connectivity index is 1.68. The van der Waals surface area contributed by atoms with E-state index in [4.69, 9.17) is 10.00 Å². The van der Waals surface area contributed by atoms with Crippen LogP contribution in [0.4, 0.5) is 4.39 Å². The number of rotatable bonds is 3. The van der Waals surface area contributed by atoms with Crippen LogP contribution in [0.3, 0.4) is 0 Å². The monoisotopic (exact) mass is 296 g/mol. The molecule has 2 aromatic carbocycles. The van der Waals surface area contributed by atoms with Crippen molar-refractivity contribution in [2.24, 2.45) is 0 Å². The SMILES string of the molecule is N#Cc1ccc(CNC(=O)[C@H]2COc3ccccc32)c(F)c1. The van der Waals surface area contributed by atoms with E-state index < -0.39 is 5.82 Å². The van der Waals surface area contributed by atoms with E-state index in [9.17, 15) is 9.18 Å². The number of para-hydroxylation sites is 1. The molecule has 110 valence electrons. The van der Waals surface area contributed by atoms with Gasteiger partial charge in [0.15, 0.2) is 0 Å². The molecule has 1 atom stereocenters. The third-order valence-corrected chi connectivity index (χ3v) is 3.65. The molecule has 1 aliphatic heterocycles. The molecule has 0 aromatic heterocycles. The zero-order valence-corrected chi connectivity index (χ0v) is 11.7. The van der Waals surface area contributed by atoms with Crippen LogP contribution >= 0.6 is 0 Å². The molecule has 0 unspecified atom stereocenters. The number of halogens is 1. The van der Waals surface area contributed by atoms with Gasteiger partial charge in [0.05, 0.1) is 11.6 Å². The first-order valence-corrected chi connectivity index (χ1v) is 6.87. The molecular formula is C17H13FN2O2. The molecule has 0 saturated heterocycles. The van der Waals surface area contributed by atoms with Crippen LogP contribution < -0.4 is 10.1 Å². The average Bonchev–Trinajstić information content (AvgIpc) is 2.97. The third kappa shape index (κ3) is 2.63. The van der Waals surface area contributed by atoms with E-state index >= 15 is 0 Å². The van der Waals surface area contributed by atoms with Gasteiger partial charge in [-0.2, -0.15) is 5.26 Å². The average molecular weight is 296 g/mol. The summed E-state index contributed by atoms with van der Waals surface area (Å²) in [5.74, 6) is -0.360. The van der Waals surface area contributed by atoms with E-state index in [0.29, 0.717) is 17.9 Å². The van der Waals surface area contributed by atoms with Crippen molar-refractivity contribution >= 4 is 5.91 Å². The smallest absolute Gasteiger partial charge is 0.231 e. The molecule has 0 radical (unpaired) electrons. The predicted molar refractivity (Wildman–Crippen MR) is 77.6 cm³/mol. The van der Waals surface area contributed by atoms with Gasteiger partial charge in [-0.25, -0.2) is 4.39 Å². The first kappa shape index (κ1) is 14.1. The maximum Gasteiger partial charge on any atom is 0.231 e. The summed E-state index contributed by atoms with van der Waals surface area (Å²) in [5, 5.41) is 11.4. The summed E-state index contributed by atoms with van der Waals surface area (Å²) in [6.45, 7) is 0.371. The quantitative estimate of drug-likeness (QED) is 0.946. The number of ether oxygens (including phenoxy) is 1. The fourth-order valence-corrected chi connectivity index (χ4v) is 2.45. The Kier molecular flexibility index (Phi) is 3.75. The highest BCUT2D eigenvalue weighted by Gasteiger charge is 2.29. The highest BCUT2D eigenvalue weighted by Crippen LogP contribution is 2.33. The Morgan fingerprint density at radius 1 is 1.36 bits per heavy atom. The van der Waals surface area contributed by atoms with Gasteiger partial charge in [-0.1, -0.05) is 24.3 Å². The second-order valence-electron chi connectivity index (χ2n) is 5.04. The first-order valence-electron chi connectivity index (χ1n) is 6.87. The number of carbonyl (C=O) groups excluding carboxylic acids is 1. The zero-order valence-electron chi connectivity index (χ0n) is 11.7. The lowest BCUT2D eigenvalue weighted by molar-refractivity contribution is -0.122. The molecule has 3 rings (SSSR count). The van der Waals surface area contributed by atoms with Crippen LogP contribution in [-0.4, -0.2) is 12.5 Å². The van der Waals surface area contributed by atoms with Gasteiger partial charge >= 0.3 is 0 Å². The molecule has 2 aromatic rings. The van der Waals surface area contributed by atoms with Crippen molar-refractivity contribution in [3.63, 3.8) is 0 Å². The topological polar surface area (TPSA) is 62.1 Å². The molecule has 1 N–H and O–H groups in total. The minimum Gasteiger partial charge on any atom is -0.492 e. The second-order valence-corrected chi connectivity index (χ2v) is 5.04. The normalized spacial score (nSPS) is 15.5. The summed E-state index contributed by atoms with van der Waals surface area (Å²) in [6, 6.07) is 13.5. The Hall–Kier alpha value is -2.87. The molecule has 0 saturated carbocycles. The lowest BCUT2D eigenvalue weighted by atomic mass is 10.0. The molecule has 4 nitrogen and oxygen atoms in total. The molecule has 0 spiro atoms. The van der Waals surface area contributed by atoms with Crippen molar-refractivity contribution in [3.8, 4) is 11.8 Å². The fraction of sp³-hybridized carbons (Fsp3) is 0.176. The molecule has 22 heavy (non-hydrogen) atoms. The van der Waals surface area contributed by atoms with E-state index in [1.54, 1.807) is 0 Å². The van der Waals surface area contributed by atoms with Crippen LogP contribution in [0.2, 0.25) is 0 Å². The number of nitrogens with zero attached hydrogens (tertiary/aromatic N) is 1. The van der Waals surface area contributed by atoms with Crippen LogP contribution in [0.25, 0.3) is 0 Å². The van der Waals surface area contributed by atoms with E-state index in [2.05, 4.69) is 5.32 Å². The standard InChI is InChI=1S/C17H13FN2O2/c18-15-7-11(8-19)5-6-12(15)9-20-17(21)14-10-22-16-4-2-1-3-13(14)16/h1-7,14H,9-10H2,(H,20,21)/t14-/m0/s1. The molecule has 1 heterocycles. The van der Waals surface area contributed by atoms with Crippen molar-refractivity contribution < 1.29 is 13.9 Å². The number of amides is 1. The predicted octanol–water partition coefficient (Wildman–Crippen LogP) is 2.49. The number of carbonyl (C=O) groups is 1. The number of hydrogen-bond donors (Lipinski definition) is 1. The van der Waals surface area contributed by atoms with E-state index in [1.165, 1.54) is 12.1 Å². The molecule has 0 fully saturated rings. The number of nitrogens with one attached hydrogen (secondary N) is 1. The van der Waals surface area contributed by atoms with E-state index in [-0.39, 0.29) is 23.9 Å². The Labute approximate surface area is 127 Å². The minimum atomic E-state index is -0.498. The Bertz CT molecular complexity index is 767. The summed E-state index contributed by atoms with van der Waals surface area (Å²) in [4.78, 5) is 12.2. The largest absolute Gasteiger partial charge is 0.492 e. The summed E-state index contributed by atoms with van der Waals surface area (Å²) in [6.07, 6.45) is 0. The molecule has 5 heteroatoms. The van der Waals surface area contributed by atoms with Crippen LogP contribution in [0, 0.1) is 17.1 Å². The number of nitriles is 1. The van der Waals surface area contributed by atoms with Crippen molar-refractivity contribution in [1.82, 2.24) is 5.32 Å². The van der Waals surface area contributed by atoms with Crippen molar-refractivity contribution in [2.45, 2.75) is 12.5 Å². The molecule has 1 aliphatic rings. The lowest BCUT2D eigenvalue weighted by Crippen LogP contribution is -2.30. The summed E-state index contributed by atoms with van der Waals surface area (Å²) in [5.41, 5.74) is 1.45. The maximum absolute atomic E-state index is 13.8. The lowest BCUT2D eigenvalue weighted by Gasteiger charge is -2.11. The number of hydrogen-bond acceptors (Lipinski definition) is 3. The Morgan fingerprint density at radius 3 is 2.95 bits per heavy atom. The van der Waals surface area contributed by atoms with Crippen LogP contribution in [0.5, 0.6) is 5.75 Å². The molecule has 0 aliphatic carbocycles. The minimum absolute atomic E-state index is 0.0784. The highest BCUT2D eigenvalue weighted by molar-refractivity contribution is 5.85. The van der Waals surface area contributed by atoms with Crippen molar-refractivity contribution in [1.29, 1.82) is 5.26 Å². The fourth-order valence-electron chi connectivity index (χ4n) is 2.45. The van der Waals surface area contributed by atoms with Gasteiger partial charge in [0.25, 0.3) is 0 Å². The number of benzene rings is 2. The zero-order chi connectivity index (χ0) is 15.5. The molecule has 1 amide bonds. The van der Waals surface area contributed by atoms with Gasteiger partial charge in [0.1, 0.15) is 24.1 Å². The van der Waals surface area contributed by atoms with Gasteiger partial charge in [0, 0.05) is 17.7 Å². The van der Waals surface area contributed by atoms with E-state index in [1.807, 2.05) is 30.3 Å². The van der Waals surface area contributed by atoms with Crippen molar-refractivity contribution in [3.05, 3.63) is 65.0 Å². The third-order valence-electron chi connectivity index (χ3n) is 3.65. The van der Waals surface area contributed by atoms with Gasteiger partial charge in [-0.3, -0.25) is 4.79 Å². The van der Waals surface area contributed by atoms with Gasteiger partial charge in [-0.15, -0.1) is 0 Å². The molecule has 0 bridgehead atoms. The highest BCUT2D eigenvalue weighted by atomic mass is 19.1. The Morgan fingerprint density at radius 2 is 2.18 bits per heavy atom. The van der Waals surface area contributed by atoms with Gasteiger partial charge in [-0.05, 0) is 18.2 Å². The van der Waals surface area contributed by atoms with Crippen LogP contribution in [0.15, 0.2) is 42.5 Å².